The van der Waals surface area contributed by atoms with Crippen LogP contribution in [0.5, 0.6) is 11.5 Å². The van der Waals surface area contributed by atoms with Crippen LogP contribution in [0.4, 0.5) is 5.69 Å². The van der Waals surface area contributed by atoms with Gasteiger partial charge < -0.3 is 23.9 Å². The van der Waals surface area contributed by atoms with Crippen molar-refractivity contribution in [3.8, 4) is 11.5 Å². The van der Waals surface area contributed by atoms with E-state index in [0.717, 1.165) is 5.39 Å². The summed E-state index contributed by atoms with van der Waals surface area (Å²) >= 11 is 0. The maximum absolute atomic E-state index is 12.8. The van der Waals surface area contributed by atoms with E-state index >= 15 is 0 Å². The maximum Gasteiger partial charge on any atom is 0.375 e. The Morgan fingerprint density at radius 3 is 2.44 bits per heavy atom. The fourth-order valence-electron chi connectivity index (χ4n) is 3.21. The van der Waals surface area contributed by atoms with Gasteiger partial charge in [0.2, 0.25) is 5.76 Å². The molecule has 0 aliphatic heterocycles. The van der Waals surface area contributed by atoms with Gasteiger partial charge in [0.05, 0.1) is 18.4 Å². The van der Waals surface area contributed by atoms with E-state index in [1.807, 2.05) is 48.5 Å². The summed E-state index contributed by atoms with van der Waals surface area (Å²) in [6.45, 7) is -0.369. The molecule has 3 aromatic carbocycles. The third kappa shape index (κ3) is 4.73. The van der Waals surface area contributed by atoms with Crippen molar-refractivity contribution in [3.63, 3.8) is 0 Å². The van der Waals surface area contributed by atoms with E-state index in [9.17, 15) is 9.59 Å². The topological polar surface area (TPSA) is 87.0 Å². The molecular weight excluding hydrogens is 410 g/mol. The van der Waals surface area contributed by atoms with Gasteiger partial charge in [0.1, 0.15) is 23.7 Å². The molecule has 1 heterocycles. The Morgan fingerprint density at radius 1 is 0.906 bits per heavy atom. The number of anilines is 1. The molecule has 7 heteroatoms. The van der Waals surface area contributed by atoms with Gasteiger partial charge in [0, 0.05) is 5.39 Å². The maximum atomic E-state index is 12.8. The summed E-state index contributed by atoms with van der Waals surface area (Å²) in [7, 11) is 1.51. The molecule has 1 amide bonds. The summed E-state index contributed by atoms with van der Waals surface area (Å²) in [5, 5.41) is 3.40. The molecule has 0 aliphatic rings. The van der Waals surface area contributed by atoms with Crippen molar-refractivity contribution < 1.29 is 28.2 Å². The molecule has 0 spiro atoms. The van der Waals surface area contributed by atoms with E-state index in [4.69, 9.17) is 18.6 Å². The average Bonchev–Trinajstić information content (AvgIpc) is 3.21. The average molecular weight is 431 g/mol. The van der Waals surface area contributed by atoms with Gasteiger partial charge in [-0.15, -0.1) is 0 Å². The molecule has 4 rings (SSSR count). The molecule has 32 heavy (non-hydrogen) atoms. The third-order valence-corrected chi connectivity index (χ3v) is 4.73. The Morgan fingerprint density at radius 2 is 1.62 bits per heavy atom. The zero-order valence-electron chi connectivity index (χ0n) is 17.4. The number of para-hydroxylation sites is 4. The highest BCUT2D eigenvalue weighted by Gasteiger charge is 2.23. The first-order valence-electron chi connectivity index (χ1n) is 9.94. The highest BCUT2D eigenvalue weighted by molar-refractivity contribution is 5.98. The zero-order chi connectivity index (χ0) is 22.3. The monoisotopic (exact) mass is 431 g/mol. The quantitative estimate of drug-likeness (QED) is 0.403. The molecule has 1 N–H and O–H groups in total. The molecule has 0 aliphatic carbocycles. The molecule has 0 fully saturated rings. The van der Waals surface area contributed by atoms with E-state index in [0.29, 0.717) is 28.3 Å². The Labute approximate surface area is 184 Å². The smallest absolute Gasteiger partial charge is 0.375 e. The van der Waals surface area contributed by atoms with E-state index in [1.54, 1.807) is 30.3 Å². The van der Waals surface area contributed by atoms with Crippen LogP contribution in [0.25, 0.3) is 11.0 Å². The summed E-state index contributed by atoms with van der Waals surface area (Å²) in [6, 6.07) is 23.5. The van der Waals surface area contributed by atoms with Crippen LogP contribution >= 0.6 is 0 Å². The van der Waals surface area contributed by atoms with E-state index in [-0.39, 0.29) is 12.4 Å². The largest absolute Gasteiger partial charge is 0.495 e. The molecule has 162 valence electrons. The molecule has 4 aromatic rings. The second-order valence-corrected chi connectivity index (χ2v) is 6.83. The van der Waals surface area contributed by atoms with Crippen LogP contribution in [0.15, 0.2) is 83.3 Å². The lowest BCUT2D eigenvalue weighted by Crippen LogP contribution is -2.21. The SMILES string of the molecule is COc1ccccc1NC(=O)COC(=O)c1oc2ccccc2c1COc1ccccc1. The molecule has 0 unspecified atom stereocenters. The summed E-state index contributed by atoms with van der Waals surface area (Å²) in [5.74, 6) is -0.0746. The van der Waals surface area contributed by atoms with Crippen molar-refractivity contribution in [2.75, 3.05) is 19.0 Å². The predicted molar refractivity (Wildman–Crippen MR) is 119 cm³/mol. The predicted octanol–water partition coefficient (Wildman–Crippen LogP) is 4.82. The molecule has 0 bridgehead atoms. The Balaban J connectivity index is 1.47. The number of esters is 1. The molecule has 7 nitrogen and oxygen atoms in total. The molecule has 0 saturated carbocycles. The van der Waals surface area contributed by atoms with Gasteiger partial charge in [-0.2, -0.15) is 0 Å². The van der Waals surface area contributed by atoms with E-state index < -0.39 is 18.5 Å². The van der Waals surface area contributed by atoms with Crippen molar-refractivity contribution in [1.29, 1.82) is 0 Å². The number of ether oxygens (including phenoxy) is 3. The second kappa shape index (κ2) is 9.70. The number of benzene rings is 3. The standard InChI is InChI=1S/C25H21NO6/c1-29-22-14-8-6-12-20(22)26-23(27)16-31-25(28)24-19(15-30-17-9-3-2-4-10-17)18-11-5-7-13-21(18)32-24/h2-14H,15-16H2,1H3,(H,26,27). The Kier molecular flexibility index (Phi) is 6.36. The van der Waals surface area contributed by atoms with Gasteiger partial charge in [-0.25, -0.2) is 4.79 Å². The molecule has 0 radical (unpaired) electrons. The minimum Gasteiger partial charge on any atom is -0.495 e. The lowest BCUT2D eigenvalue weighted by molar-refractivity contribution is -0.119. The van der Waals surface area contributed by atoms with Crippen LogP contribution in [-0.2, 0) is 16.1 Å². The van der Waals surface area contributed by atoms with Crippen LogP contribution in [0.3, 0.4) is 0 Å². The highest BCUT2D eigenvalue weighted by Crippen LogP contribution is 2.28. The number of hydrogen-bond acceptors (Lipinski definition) is 6. The number of carbonyl (C=O) groups is 2. The number of amides is 1. The van der Waals surface area contributed by atoms with Gasteiger partial charge in [-0.3, -0.25) is 4.79 Å². The second-order valence-electron chi connectivity index (χ2n) is 6.83. The van der Waals surface area contributed by atoms with Crippen molar-refractivity contribution >= 4 is 28.5 Å². The van der Waals surface area contributed by atoms with E-state index in [1.165, 1.54) is 7.11 Å². The third-order valence-electron chi connectivity index (χ3n) is 4.73. The first kappa shape index (κ1) is 21.0. The minimum absolute atomic E-state index is 0.00669. The van der Waals surface area contributed by atoms with Crippen LogP contribution in [0.2, 0.25) is 0 Å². The Hall–Kier alpha value is -4.26. The normalized spacial score (nSPS) is 10.5. The molecule has 1 aromatic heterocycles. The van der Waals surface area contributed by atoms with Gasteiger partial charge in [-0.1, -0.05) is 48.5 Å². The molecular formula is C25H21NO6. The number of nitrogens with one attached hydrogen (secondary N) is 1. The number of hydrogen-bond donors (Lipinski definition) is 1. The van der Waals surface area contributed by atoms with Crippen molar-refractivity contribution in [2.24, 2.45) is 0 Å². The number of fused-ring (bicyclic) bond motifs is 1. The van der Waals surface area contributed by atoms with Crippen molar-refractivity contribution in [1.82, 2.24) is 0 Å². The zero-order valence-corrected chi connectivity index (χ0v) is 17.4. The summed E-state index contributed by atoms with van der Waals surface area (Å²) in [4.78, 5) is 25.0. The van der Waals surface area contributed by atoms with Gasteiger partial charge in [-0.05, 0) is 30.3 Å². The van der Waals surface area contributed by atoms with Crippen molar-refractivity contribution in [2.45, 2.75) is 6.61 Å². The number of methoxy groups -OCH3 is 1. The van der Waals surface area contributed by atoms with Crippen LogP contribution in [-0.4, -0.2) is 25.6 Å². The number of rotatable bonds is 8. The first-order valence-corrected chi connectivity index (χ1v) is 9.94. The van der Waals surface area contributed by atoms with Gasteiger partial charge >= 0.3 is 5.97 Å². The highest BCUT2D eigenvalue weighted by atomic mass is 16.5. The first-order chi connectivity index (χ1) is 15.7. The Bertz CT molecular complexity index is 1230. The summed E-state index contributed by atoms with van der Waals surface area (Å²) in [5.41, 5.74) is 1.57. The van der Waals surface area contributed by atoms with E-state index in [2.05, 4.69) is 5.32 Å². The van der Waals surface area contributed by atoms with Gasteiger partial charge in [0.25, 0.3) is 5.91 Å². The fourth-order valence-corrected chi connectivity index (χ4v) is 3.21. The van der Waals surface area contributed by atoms with Gasteiger partial charge in [0.15, 0.2) is 6.61 Å². The number of furan rings is 1. The van der Waals surface area contributed by atoms with Crippen molar-refractivity contribution in [3.05, 3.63) is 90.2 Å². The fraction of sp³-hybridized carbons (Fsp3) is 0.120. The van der Waals surface area contributed by atoms with Crippen LogP contribution in [0, 0.1) is 0 Å². The number of carbonyl (C=O) groups excluding carboxylic acids is 2. The minimum atomic E-state index is -0.747. The lowest BCUT2D eigenvalue weighted by atomic mass is 10.1. The molecule has 0 atom stereocenters. The molecule has 0 saturated heterocycles. The summed E-state index contributed by atoms with van der Waals surface area (Å²) in [6.07, 6.45) is 0. The summed E-state index contributed by atoms with van der Waals surface area (Å²) < 4.78 is 22.0. The van der Waals surface area contributed by atoms with Crippen LogP contribution in [0.1, 0.15) is 16.1 Å². The lowest BCUT2D eigenvalue weighted by Gasteiger charge is -2.10. The van der Waals surface area contributed by atoms with Crippen LogP contribution < -0.4 is 14.8 Å².